The van der Waals surface area contributed by atoms with Crippen molar-refractivity contribution in [3.8, 4) is 0 Å². The molecule has 0 bridgehead atoms. The van der Waals surface area contributed by atoms with Gasteiger partial charge in [-0.05, 0) is 181 Å². The van der Waals surface area contributed by atoms with Crippen LogP contribution >= 0.6 is 0 Å². The van der Waals surface area contributed by atoms with Gasteiger partial charge in [0.25, 0.3) is 0 Å². The van der Waals surface area contributed by atoms with Gasteiger partial charge < -0.3 is 10.6 Å². The third kappa shape index (κ3) is 7.41. The molecule has 62 heavy (non-hydrogen) atoms. The summed E-state index contributed by atoms with van der Waals surface area (Å²) in [7, 11) is 0. The average Bonchev–Trinajstić information content (AvgIpc) is 3.98. The van der Waals surface area contributed by atoms with Gasteiger partial charge >= 0.3 is 0 Å². The first-order valence-electron chi connectivity index (χ1n) is 23.8. The van der Waals surface area contributed by atoms with Crippen LogP contribution in [0.4, 0.5) is 22.7 Å². The fraction of sp³-hybridized carbons (Fsp3) is 0.429. The van der Waals surface area contributed by atoms with E-state index in [1.165, 1.54) is 109 Å². The maximum atomic E-state index is 4.80. The van der Waals surface area contributed by atoms with Crippen molar-refractivity contribution >= 4 is 35.2 Å². The normalized spacial score (nSPS) is 27.1. The lowest BCUT2D eigenvalue weighted by Gasteiger charge is -2.53. The summed E-state index contributed by atoms with van der Waals surface area (Å²) < 4.78 is 0. The molecule has 0 aromatic heterocycles. The van der Waals surface area contributed by atoms with Crippen LogP contribution in [-0.4, -0.2) is 72.6 Å². The number of rotatable bonds is 8. The number of fused-ring (bicyclic) bond motifs is 8. The van der Waals surface area contributed by atoms with Gasteiger partial charge in [-0.2, -0.15) is 0 Å². The molecule has 0 radical (unpaired) electrons. The third-order valence-corrected chi connectivity index (χ3v) is 16.4. The van der Waals surface area contributed by atoms with Crippen molar-refractivity contribution < 1.29 is 0 Å². The van der Waals surface area contributed by atoms with Gasteiger partial charge in [0.1, 0.15) is 0 Å². The first-order valence-corrected chi connectivity index (χ1v) is 23.8. The summed E-state index contributed by atoms with van der Waals surface area (Å²) in [5, 5.41) is 8.05. The zero-order valence-corrected chi connectivity index (χ0v) is 37.3. The Bertz CT molecular complexity index is 2310. The van der Waals surface area contributed by atoms with E-state index in [1.54, 1.807) is 0 Å². The minimum absolute atomic E-state index is 0.170. The quantitative estimate of drug-likeness (QED) is 0.153. The van der Waals surface area contributed by atoms with E-state index in [1.807, 2.05) is 12.4 Å². The minimum Gasteiger partial charge on any atom is -0.380 e. The lowest BCUT2D eigenvalue weighted by molar-refractivity contribution is 0.0912. The van der Waals surface area contributed by atoms with Crippen LogP contribution in [0.15, 0.2) is 119 Å². The zero-order valence-electron chi connectivity index (χ0n) is 37.3. The van der Waals surface area contributed by atoms with Crippen LogP contribution in [0.25, 0.3) is 0 Å². The Hall–Kier alpha value is -5.04. The van der Waals surface area contributed by atoms with Crippen molar-refractivity contribution in [2.24, 2.45) is 21.8 Å². The molecule has 318 valence electrons. The highest BCUT2D eigenvalue weighted by Gasteiger charge is 2.51. The van der Waals surface area contributed by atoms with E-state index in [-0.39, 0.29) is 10.8 Å². The van der Waals surface area contributed by atoms with Crippen LogP contribution in [0.1, 0.15) is 111 Å². The lowest BCUT2D eigenvalue weighted by Crippen LogP contribution is -2.59. The molecule has 5 aromatic carbocycles. The van der Waals surface area contributed by atoms with Crippen LogP contribution in [0.2, 0.25) is 0 Å². The Morgan fingerprint density at radius 2 is 0.903 bits per heavy atom. The van der Waals surface area contributed by atoms with Gasteiger partial charge in [0.05, 0.1) is 11.4 Å². The number of hydrogen-bond donors (Lipinski definition) is 2. The van der Waals surface area contributed by atoms with Crippen LogP contribution in [0, 0.1) is 11.8 Å². The van der Waals surface area contributed by atoms with Crippen LogP contribution in [-0.2, 0) is 23.7 Å². The smallest absolute Gasteiger partial charge is 0.0630 e. The molecule has 5 aromatic rings. The number of hydrogen-bond acceptors (Lipinski definition) is 6. The van der Waals surface area contributed by atoms with Gasteiger partial charge in [-0.15, -0.1) is 0 Å². The molecule has 0 aliphatic carbocycles. The Morgan fingerprint density at radius 3 is 1.32 bits per heavy atom. The predicted octanol–water partition coefficient (Wildman–Crippen LogP) is 11.5. The number of nitrogens with one attached hydrogen (secondary N) is 2. The second kappa shape index (κ2) is 15.9. The molecule has 0 spiro atoms. The van der Waals surface area contributed by atoms with Crippen molar-refractivity contribution in [3.63, 3.8) is 0 Å². The van der Waals surface area contributed by atoms with Gasteiger partial charge in [0.15, 0.2) is 0 Å². The number of nitrogens with zero attached hydrogens (tertiary/aromatic N) is 4. The van der Waals surface area contributed by atoms with Crippen LogP contribution in [0.5, 0.6) is 0 Å². The second-order valence-corrected chi connectivity index (χ2v) is 20.7. The van der Waals surface area contributed by atoms with Gasteiger partial charge in [0, 0.05) is 48.0 Å². The van der Waals surface area contributed by atoms with Crippen molar-refractivity contribution in [2.75, 3.05) is 36.8 Å². The molecule has 0 unspecified atom stereocenters. The summed E-state index contributed by atoms with van der Waals surface area (Å²) >= 11 is 0. The zero-order chi connectivity index (χ0) is 42.0. The molecule has 11 rings (SSSR count). The first-order chi connectivity index (χ1) is 30.2. The first kappa shape index (κ1) is 39.8. The third-order valence-electron chi connectivity index (χ3n) is 16.4. The number of aliphatic imine (C=N–C) groups is 2. The van der Waals surface area contributed by atoms with Crippen molar-refractivity contribution in [2.45, 2.75) is 114 Å². The van der Waals surface area contributed by atoms with E-state index in [0.29, 0.717) is 36.0 Å². The fourth-order valence-corrected chi connectivity index (χ4v) is 12.9. The Labute approximate surface area is 370 Å². The highest BCUT2D eigenvalue weighted by atomic mass is 15.2. The Kier molecular flexibility index (Phi) is 10.2. The Balaban J connectivity index is 0.684. The molecule has 6 atom stereocenters. The molecule has 6 aliphatic heterocycles. The molecule has 6 nitrogen and oxygen atoms in total. The highest BCUT2D eigenvalue weighted by Crippen LogP contribution is 2.51. The van der Waals surface area contributed by atoms with Crippen molar-refractivity contribution in [3.05, 3.63) is 154 Å². The fourth-order valence-electron chi connectivity index (χ4n) is 12.9. The van der Waals surface area contributed by atoms with Gasteiger partial charge in [-0.3, -0.25) is 19.8 Å². The van der Waals surface area contributed by atoms with E-state index < -0.39 is 0 Å². The van der Waals surface area contributed by atoms with E-state index in [0.717, 1.165) is 35.3 Å². The summed E-state index contributed by atoms with van der Waals surface area (Å²) in [6, 6.07) is 42.8. The lowest BCUT2D eigenvalue weighted by atomic mass is 9.63. The monoisotopic (exact) mass is 821 g/mol. The average molecular weight is 821 g/mol. The molecule has 6 heteroatoms. The molecule has 6 aliphatic rings. The Morgan fingerprint density at radius 1 is 0.500 bits per heavy atom. The molecule has 0 saturated carbocycles. The molecular formula is C56H64N6. The summed E-state index contributed by atoms with van der Waals surface area (Å²) in [6.07, 6.45) is 13.7. The largest absolute Gasteiger partial charge is 0.380 e. The van der Waals surface area contributed by atoms with Crippen molar-refractivity contribution in [1.29, 1.82) is 0 Å². The summed E-state index contributed by atoms with van der Waals surface area (Å²) in [4.78, 5) is 15.1. The maximum absolute atomic E-state index is 4.80. The van der Waals surface area contributed by atoms with E-state index in [2.05, 4.69) is 157 Å². The van der Waals surface area contributed by atoms with Crippen molar-refractivity contribution in [1.82, 2.24) is 9.80 Å². The summed E-state index contributed by atoms with van der Waals surface area (Å²) in [5.41, 5.74) is 15.5. The molecule has 2 N–H and O–H groups in total. The second-order valence-electron chi connectivity index (χ2n) is 20.7. The summed E-state index contributed by atoms with van der Waals surface area (Å²) in [6.45, 7) is 15.0. The SMILES string of the molecule is CC1(C)c2cc(Cc3ccc(N=Cc4ccc(C=Nc5ccc(Cc6ccc7c(c6)C(C)(C)[C@H]6CCN8CCC[C@H]8[C@H]6N7)cc5)cc4)cc3)ccc2N[C@@H]2[C@@H]3CCCN3CC[C@@H]21. The number of piperidine rings is 2. The highest BCUT2D eigenvalue weighted by molar-refractivity contribution is 5.86. The predicted molar refractivity (Wildman–Crippen MR) is 259 cm³/mol. The molecule has 4 fully saturated rings. The molecule has 6 heterocycles. The standard InChI is InChI=1S/C56H64N6/c1-55(2)45-25-29-61-27-5-7-51(61)53(45)59-49-23-17-41(33-47(49)55)31-37-13-19-43(20-14-37)57-35-39-9-11-40(12-10-39)36-58-44-21-15-38(16-22-44)32-42-18-24-50-48(34-42)56(3,4)46-26-30-62-28-6-8-52(62)54(46)60-50/h9-24,33-36,45-46,51-54,59-60H,5-8,25-32H2,1-4H3/t45-,46-,51-,52-,53-,54-/m0/s1. The van der Waals surface area contributed by atoms with E-state index >= 15 is 0 Å². The molecular weight excluding hydrogens is 757 g/mol. The van der Waals surface area contributed by atoms with Crippen LogP contribution < -0.4 is 10.6 Å². The van der Waals surface area contributed by atoms with Gasteiger partial charge in [-0.25, -0.2) is 0 Å². The minimum atomic E-state index is 0.170. The summed E-state index contributed by atoms with van der Waals surface area (Å²) in [5.74, 6) is 1.36. The molecule has 0 amide bonds. The number of anilines is 2. The van der Waals surface area contributed by atoms with Gasteiger partial charge in [0.2, 0.25) is 0 Å². The number of benzene rings is 5. The topological polar surface area (TPSA) is 55.3 Å². The molecule has 4 saturated heterocycles. The van der Waals surface area contributed by atoms with Crippen LogP contribution in [0.3, 0.4) is 0 Å². The van der Waals surface area contributed by atoms with E-state index in [4.69, 9.17) is 9.98 Å². The van der Waals surface area contributed by atoms with Gasteiger partial charge in [-0.1, -0.05) is 100 Å². The van der Waals surface area contributed by atoms with E-state index in [9.17, 15) is 0 Å². The maximum Gasteiger partial charge on any atom is 0.0630 e.